The zero-order chi connectivity index (χ0) is 29.1. The van der Waals surface area contributed by atoms with Gasteiger partial charge in [0.2, 0.25) is 0 Å². The lowest BCUT2D eigenvalue weighted by Crippen LogP contribution is -2.49. The number of hydrogen-bond donors (Lipinski definition) is 7. The molecule has 0 saturated heterocycles. The van der Waals surface area contributed by atoms with Crippen LogP contribution in [0.5, 0.6) is 0 Å². The Hall–Kier alpha value is -2.26. The number of esters is 2. The first-order valence-electron chi connectivity index (χ1n) is 12.4. The average Bonchev–Trinajstić information content (AvgIpc) is 2.92. The van der Waals surface area contributed by atoms with Crippen LogP contribution in [0.15, 0.2) is 46.8 Å². The van der Waals surface area contributed by atoms with Crippen LogP contribution in [-0.4, -0.2) is 109 Å². The second kappa shape index (κ2) is 17.5. The first-order valence-corrected chi connectivity index (χ1v) is 12.8. The molecule has 0 saturated carbocycles. The minimum Gasteiger partial charge on any atom is -0.466 e. The van der Waals surface area contributed by atoms with Gasteiger partial charge in [-0.2, -0.15) is 0 Å². The molecule has 5 atom stereocenters. The van der Waals surface area contributed by atoms with Gasteiger partial charge in [-0.3, -0.25) is 0 Å². The third-order valence-electron chi connectivity index (χ3n) is 6.11. The van der Waals surface area contributed by atoms with Crippen LogP contribution < -0.4 is 10.6 Å². The Bertz CT molecular complexity index is 1050. The van der Waals surface area contributed by atoms with Gasteiger partial charge in [0, 0.05) is 23.8 Å². The van der Waals surface area contributed by atoms with Crippen LogP contribution in [0.2, 0.25) is 5.02 Å². The van der Waals surface area contributed by atoms with Crippen LogP contribution >= 0.6 is 24.0 Å². The van der Waals surface area contributed by atoms with Crippen molar-refractivity contribution < 1.29 is 49.3 Å². The van der Waals surface area contributed by atoms with Gasteiger partial charge in [-0.05, 0) is 25.5 Å². The molecule has 0 aromatic heterocycles. The second-order valence-corrected chi connectivity index (χ2v) is 9.18. The maximum atomic E-state index is 13.2. The third-order valence-corrected chi connectivity index (χ3v) is 6.45. The summed E-state index contributed by atoms with van der Waals surface area (Å²) in [6.07, 6.45) is -6.40. The van der Waals surface area contributed by atoms with Crippen LogP contribution in [0.4, 0.5) is 0 Å². The zero-order valence-electron chi connectivity index (χ0n) is 22.5. The van der Waals surface area contributed by atoms with Crippen molar-refractivity contribution in [2.75, 3.05) is 46.6 Å². The predicted molar refractivity (Wildman–Crippen MR) is 148 cm³/mol. The second-order valence-electron chi connectivity index (χ2n) is 8.78. The summed E-state index contributed by atoms with van der Waals surface area (Å²) in [6.45, 7) is 2.83. The topological polar surface area (TPSA) is 187 Å². The predicted octanol–water partition coefficient (Wildman–Crippen LogP) is -0.245. The van der Waals surface area contributed by atoms with E-state index in [9.17, 15) is 30.0 Å². The van der Waals surface area contributed by atoms with Crippen LogP contribution in [0, 0.1) is 0 Å². The lowest BCUT2D eigenvalue weighted by atomic mass is 9.80. The van der Waals surface area contributed by atoms with E-state index in [-0.39, 0.29) is 56.5 Å². The minimum absolute atomic E-state index is 0. The van der Waals surface area contributed by atoms with Crippen molar-refractivity contribution in [3.63, 3.8) is 0 Å². The summed E-state index contributed by atoms with van der Waals surface area (Å²) in [7, 11) is 1.25. The molecule has 14 heteroatoms. The largest absolute Gasteiger partial charge is 0.466 e. The number of ether oxygens (including phenoxy) is 3. The van der Waals surface area contributed by atoms with Crippen molar-refractivity contribution in [2.24, 2.45) is 0 Å². The highest BCUT2D eigenvalue weighted by molar-refractivity contribution is 6.31. The number of aliphatic hydroxyl groups is 5. The Morgan fingerprint density at radius 3 is 2.33 bits per heavy atom. The number of methoxy groups -OCH3 is 1. The molecule has 1 unspecified atom stereocenters. The van der Waals surface area contributed by atoms with Gasteiger partial charge in [0.05, 0.1) is 62.4 Å². The molecule has 2 rings (SSSR count). The first kappa shape index (κ1) is 35.8. The number of allylic oxidation sites excluding steroid dienone is 1. The van der Waals surface area contributed by atoms with E-state index in [0.717, 1.165) is 0 Å². The van der Waals surface area contributed by atoms with E-state index in [0.29, 0.717) is 22.0 Å². The van der Waals surface area contributed by atoms with Gasteiger partial charge >= 0.3 is 11.9 Å². The lowest BCUT2D eigenvalue weighted by Gasteiger charge is -2.31. The molecule has 1 aromatic rings. The van der Waals surface area contributed by atoms with Gasteiger partial charge in [0.25, 0.3) is 0 Å². The Labute approximate surface area is 244 Å². The Morgan fingerprint density at radius 1 is 1.07 bits per heavy atom. The molecule has 1 aromatic carbocycles. The van der Waals surface area contributed by atoms with Crippen molar-refractivity contribution in [1.82, 2.24) is 10.6 Å². The fourth-order valence-electron chi connectivity index (χ4n) is 4.11. The smallest absolute Gasteiger partial charge is 0.336 e. The maximum absolute atomic E-state index is 13.2. The molecule has 0 amide bonds. The van der Waals surface area contributed by atoms with E-state index in [1.165, 1.54) is 7.11 Å². The van der Waals surface area contributed by atoms with Crippen LogP contribution in [0.1, 0.15) is 25.3 Å². The summed E-state index contributed by atoms with van der Waals surface area (Å²) < 4.78 is 16.0. The molecule has 0 fully saturated rings. The number of nitrogens with one attached hydrogen (secondary N) is 2. The molecule has 1 heterocycles. The SMILES string of the molecule is CCOC(=O)C1=C(COCCNC[C@@H](O)[C@H](O)[C@@H](O)[C@@H](O)CO)NC(C)=C(C(=O)OC)C1c1ccccc1Cl.Cl. The molecule has 40 heavy (non-hydrogen) atoms. The van der Waals surface area contributed by atoms with Gasteiger partial charge < -0.3 is 50.4 Å². The summed E-state index contributed by atoms with van der Waals surface area (Å²) >= 11 is 6.48. The molecular formula is C26H38Cl2N2O10. The number of carbonyl (C=O) groups is 2. The van der Waals surface area contributed by atoms with Gasteiger partial charge in [-0.25, -0.2) is 9.59 Å². The highest BCUT2D eigenvalue weighted by atomic mass is 35.5. The van der Waals surface area contributed by atoms with Crippen LogP contribution in [0.3, 0.4) is 0 Å². The van der Waals surface area contributed by atoms with Gasteiger partial charge in [-0.15, -0.1) is 12.4 Å². The van der Waals surface area contributed by atoms with E-state index < -0.39 is 48.9 Å². The molecular weight excluding hydrogens is 571 g/mol. The fraction of sp³-hybridized carbons (Fsp3) is 0.538. The van der Waals surface area contributed by atoms with Gasteiger partial charge in [0.1, 0.15) is 18.3 Å². The van der Waals surface area contributed by atoms with E-state index in [4.69, 9.17) is 30.9 Å². The molecule has 1 aliphatic rings. The molecule has 7 N–H and O–H groups in total. The maximum Gasteiger partial charge on any atom is 0.336 e. The molecule has 12 nitrogen and oxygen atoms in total. The van der Waals surface area contributed by atoms with E-state index in [1.54, 1.807) is 38.1 Å². The van der Waals surface area contributed by atoms with Gasteiger partial charge in [-0.1, -0.05) is 29.8 Å². The van der Waals surface area contributed by atoms with Crippen LogP contribution in [-0.2, 0) is 23.8 Å². The standard InChI is InChI=1S/C26H37ClN2O10.ClH/c1-4-39-26(36)22-17(13-38-10-9-28-11-18(31)23(33)24(34)19(32)12-30)29-14(2)20(25(35)37-3)21(22)15-7-5-6-8-16(15)27;/h5-8,18-19,21,23-24,28-34H,4,9-13H2,1-3H3;1H/t18-,19+,21?,23+,24+;/m1./s1. The molecule has 0 aliphatic carbocycles. The highest BCUT2D eigenvalue weighted by Crippen LogP contribution is 2.41. The summed E-state index contributed by atoms with van der Waals surface area (Å²) in [4.78, 5) is 25.9. The lowest BCUT2D eigenvalue weighted by molar-refractivity contribution is -0.139. The fourth-order valence-corrected chi connectivity index (χ4v) is 4.36. The normalized spacial score (nSPS) is 18.3. The first-order chi connectivity index (χ1) is 18.6. The number of hydrogen-bond acceptors (Lipinski definition) is 12. The van der Waals surface area contributed by atoms with E-state index in [2.05, 4.69) is 10.6 Å². The molecule has 0 bridgehead atoms. The van der Waals surface area contributed by atoms with Crippen molar-refractivity contribution in [1.29, 1.82) is 0 Å². The number of benzene rings is 1. The number of halogens is 2. The van der Waals surface area contributed by atoms with Crippen molar-refractivity contribution in [2.45, 2.75) is 44.2 Å². The summed E-state index contributed by atoms with van der Waals surface area (Å²) in [5.41, 5.74) is 1.71. The molecule has 0 spiro atoms. The third kappa shape index (κ3) is 9.13. The van der Waals surface area contributed by atoms with Crippen molar-refractivity contribution in [3.8, 4) is 0 Å². The Kier molecular flexibility index (Phi) is 15.7. The quantitative estimate of drug-likeness (QED) is 0.102. The molecule has 226 valence electrons. The number of aliphatic hydroxyl groups excluding tert-OH is 5. The van der Waals surface area contributed by atoms with Crippen molar-refractivity contribution in [3.05, 3.63) is 57.4 Å². The summed E-state index contributed by atoms with van der Waals surface area (Å²) in [5, 5.41) is 54.1. The Balaban J connectivity index is 0.00000800. The number of rotatable bonds is 15. The highest BCUT2D eigenvalue weighted by Gasteiger charge is 2.39. The molecule has 0 radical (unpaired) electrons. The zero-order valence-corrected chi connectivity index (χ0v) is 24.1. The van der Waals surface area contributed by atoms with Crippen LogP contribution in [0.25, 0.3) is 0 Å². The number of carbonyl (C=O) groups excluding carboxylic acids is 2. The average molecular weight is 610 g/mol. The van der Waals surface area contributed by atoms with E-state index in [1.807, 2.05) is 0 Å². The summed E-state index contributed by atoms with van der Waals surface area (Å²) in [5.74, 6) is -2.16. The monoisotopic (exact) mass is 608 g/mol. The van der Waals surface area contributed by atoms with Crippen molar-refractivity contribution >= 4 is 35.9 Å². The van der Waals surface area contributed by atoms with E-state index >= 15 is 0 Å². The summed E-state index contributed by atoms with van der Waals surface area (Å²) in [6, 6.07) is 6.85. The van der Waals surface area contributed by atoms with Gasteiger partial charge in [0.15, 0.2) is 0 Å². The Morgan fingerprint density at radius 2 is 1.73 bits per heavy atom. The minimum atomic E-state index is -1.72. The number of dihydropyridines is 1. The molecule has 1 aliphatic heterocycles.